The topological polar surface area (TPSA) is 71.5 Å². The van der Waals surface area contributed by atoms with Gasteiger partial charge in [0, 0.05) is 42.5 Å². The highest BCUT2D eigenvalue weighted by Crippen LogP contribution is 2.41. The van der Waals surface area contributed by atoms with Crippen LogP contribution >= 0.6 is 11.3 Å². The molecule has 2 aliphatic rings. The van der Waals surface area contributed by atoms with E-state index in [1.54, 1.807) is 18.3 Å². The lowest BCUT2D eigenvalue weighted by Crippen LogP contribution is -2.43. The average molecular weight is 331 g/mol. The summed E-state index contributed by atoms with van der Waals surface area (Å²) < 4.78 is 31.8. The molecule has 1 N–H and O–H groups in total. The van der Waals surface area contributed by atoms with Crippen LogP contribution in [0.5, 0.6) is 0 Å². The van der Waals surface area contributed by atoms with Gasteiger partial charge < -0.3 is 4.74 Å². The number of sulfonamides is 1. The molecule has 2 atom stereocenters. The molecule has 2 saturated heterocycles. The molecule has 0 bridgehead atoms. The van der Waals surface area contributed by atoms with Crippen molar-refractivity contribution in [2.24, 2.45) is 11.3 Å². The van der Waals surface area contributed by atoms with Crippen LogP contribution in [0.1, 0.15) is 11.9 Å². The first-order valence-electron chi connectivity index (χ1n) is 7.19. The molecule has 0 radical (unpaired) electrons. The summed E-state index contributed by atoms with van der Waals surface area (Å²) in [5.41, 5.74) is -0.0838. The van der Waals surface area contributed by atoms with Crippen molar-refractivity contribution in [3.63, 3.8) is 0 Å². The minimum atomic E-state index is -3.15. The highest BCUT2D eigenvalue weighted by Gasteiger charge is 2.50. The number of fused-ring (bicyclic) bond motifs is 1. The van der Waals surface area contributed by atoms with Crippen molar-refractivity contribution < 1.29 is 13.2 Å². The van der Waals surface area contributed by atoms with Gasteiger partial charge in [-0.25, -0.2) is 18.1 Å². The number of nitrogens with one attached hydrogen (secondary N) is 1. The number of rotatable bonds is 6. The van der Waals surface area contributed by atoms with E-state index in [2.05, 4.69) is 14.6 Å². The summed E-state index contributed by atoms with van der Waals surface area (Å²) in [4.78, 5) is 6.70. The van der Waals surface area contributed by atoms with Gasteiger partial charge in [0.15, 0.2) is 0 Å². The van der Waals surface area contributed by atoms with E-state index in [0.29, 0.717) is 19.1 Å². The molecular weight excluding hydrogens is 310 g/mol. The van der Waals surface area contributed by atoms with Crippen LogP contribution in [0, 0.1) is 11.3 Å². The molecule has 0 unspecified atom stereocenters. The zero-order chi connectivity index (χ0) is 14.9. The summed E-state index contributed by atoms with van der Waals surface area (Å²) in [6, 6.07) is 0. The Hall–Kier alpha value is -0.540. The Bertz CT molecular complexity index is 575. The standard InChI is InChI=1S/C13H21N3O3S2/c1-2-21(17,18)15-8-13-9-16(5-11(13)7-19-10-13)6-12-14-3-4-20-12/h3-4,11,15H,2,5-10H2,1H3/t11-,13+/m1/s1. The molecule has 0 saturated carbocycles. The molecule has 3 rings (SSSR count). The number of likely N-dealkylation sites (tertiary alicyclic amines) is 1. The van der Waals surface area contributed by atoms with Crippen LogP contribution in [0.4, 0.5) is 0 Å². The van der Waals surface area contributed by atoms with E-state index < -0.39 is 10.0 Å². The molecule has 1 aromatic heterocycles. The van der Waals surface area contributed by atoms with E-state index in [-0.39, 0.29) is 11.2 Å². The molecule has 0 aromatic carbocycles. The van der Waals surface area contributed by atoms with Crippen molar-refractivity contribution >= 4 is 21.4 Å². The largest absolute Gasteiger partial charge is 0.380 e. The predicted molar refractivity (Wildman–Crippen MR) is 81.6 cm³/mol. The SMILES string of the molecule is CCS(=O)(=O)NC[C@]12COC[C@H]1CN(Cc1nccs1)C2. The van der Waals surface area contributed by atoms with Crippen molar-refractivity contribution in [3.8, 4) is 0 Å². The minimum absolute atomic E-state index is 0.0838. The van der Waals surface area contributed by atoms with Crippen LogP contribution < -0.4 is 4.72 Å². The third kappa shape index (κ3) is 3.29. The fourth-order valence-corrected chi connectivity index (χ4v) is 4.56. The fraction of sp³-hybridized carbons (Fsp3) is 0.769. The molecule has 21 heavy (non-hydrogen) atoms. The summed E-state index contributed by atoms with van der Waals surface area (Å²) in [6.45, 7) is 6.15. The Morgan fingerprint density at radius 2 is 2.48 bits per heavy atom. The molecule has 1 aromatic rings. The second-order valence-electron chi connectivity index (χ2n) is 5.89. The Morgan fingerprint density at radius 1 is 1.62 bits per heavy atom. The van der Waals surface area contributed by atoms with E-state index in [1.165, 1.54) is 0 Å². The molecule has 2 fully saturated rings. The monoisotopic (exact) mass is 331 g/mol. The van der Waals surface area contributed by atoms with Gasteiger partial charge in [0.2, 0.25) is 10.0 Å². The molecule has 6 nitrogen and oxygen atoms in total. The first-order chi connectivity index (χ1) is 10.0. The fourth-order valence-electron chi connectivity index (χ4n) is 3.19. The van der Waals surface area contributed by atoms with Gasteiger partial charge in [-0.3, -0.25) is 4.90 Å². The zero-order valence-electron chi connectivity index (χ0n) is 12.1. The zero-order valence-corrected chi connectivity index (χ0v) is 13.8. The Kier molecular flexibility index (Phi) is 4.33. The smallest absolute Gasteiger partial charge is 0.211 e. The second-order valence-corrected chi connectivity index (χ2v) is 8.97. The summed E-state index contributed by atoms with van der Waals surface area (Å²) >= 11 is 1.66. The molecule has 3 heterocycles. The molecule has 0 amide bonds. The van der Waals surface area contributed by atoms with Crippen LogP contribution in [0.3, 0.4) is 0 Å². The van der Waals surface area contributed by atoms with Crippen molar-refractivity contribution in [1.29, 1.82) is 0 Å². The number of hydrogen-bond donors (Lipinski definition) is 1. The quantitative estimate of drug-likeness (QED) is 0.823. The highest BCUT2D eigenvalue weighted by molar-refractivity contribution is 7.89. The van der Waals surface area contributed by atoms with Crippen LogP contribution in [0.25, 0.3) is 0 Å². The lowest BCUT2D eigenvalue weighted by Gasteiger charge is -2.27. The van der Waals surface area contributed by atoms with Crippen LogP contribution in [-0.4, -0.2) is 56.9 Å². The average Bonchev–Trinajstić information content (AvgIpc) is 3.13. The van der Waals surface area contributed by atoms with Crippen molar-refractivity contribution in [2.45, 2.75) is 13.5 Å². The lowest BCUT2D eigenvalue weighted by molar-refractivity contribution is 0.128. The van der Waals surface area contributed by atoms with Gasteiger partial charge in [0.1, 0.15) is 5.01 Å². The van der Waals surface area contributed by atoms with E-state index >= 15 is 0 Å². The van der Waals surface area contributed by atoms with Gasteiger partial charge in [-0.2, -0.15) is 0 Å². The number of aromatic nitrogens is 1. The second kappa shape index (κ2) is 5.92. The third-order valence-electron chi connectivity index (χ3n) is 4.46. The van der Waals surface area contributed by atoms with Gasteiger partial charge in [-0.15, -0.1) is 11.3 Å². The summed E-state index contributed by atoms with van der Waals surface area (Å²) in [5.74, 6) is 0.522. The maximum atomic E-state index is 11.7. The predicted octanol–water partition coefficient (Wildman–Crippen LogP) is 0.531. The number of ether oxygens (including phenoxy) is 1. The summed E-state index contributed by atoms with van der Waals surface area (Å²) in [7, 11) is -3.15. The highest BCUT2D eigenvalue weighted by atomic mass is 32.2. The summed E-state index contributed by atoms with van der Waals surface area (Å²) in [6.07, 6.45) is 1.82. The molecule has 2 aliphatic heterocycles. The first kappa shape index (κ1) is 15.4. The van der Waals surface area contributed by atoms with E-state index in [0.717, 1.165) is 31.2 Å². The van der Waals surface area contributed by atoms with E-state index in [4.69, 9.17) is 4.74 Å². The minimum Gasteiger partial charge on any atom is -0.380 e. The maximum absolute atomic E-state index is 11.7. The summed E-state index contributed by atoms with van der Waals surface area (Å²) in [5, 5.41) is 3.10. The molecule has 0 spiro atoms. The molecule has 8 heteroatoms. The van der Waals surface area contributed by atoms with Crippen molar-refractivity contribution in [1.82, 2.24) is 14.6 Å². The van der Waals surface area contributed by atoms with Gasteiger partial charge in [0.05, 0.1) is 25.5 Å². The van der Waals surface area contributed by atoms with Gasteiger partial charge in [-0.05, 0) is 6.92 Å². The molecular formula is C13H21N3O3S2. The van der Waals surface area contributed by atoms with Crippen molar-refractivity contribution in [2.75, 3.05) is 38.6 Å². The van der Waals surface area contributed by atoms with Crippen molar-refractivity contribution in [3.05, 3.63) is 16.6 Å². The Balaban J connectivity index is 1.66. The molecule has 0 aliphatic carbocycles. The third-order valence-corrected chi connectivity index (χ3v) is 6.57. The first-order valence-corrected chi connectivity index (χ1v) is 9.72. The van der Waals surface area contributed by atoms with Gasteiger partial charge >= 0.3 is 0 Å². The number of nitrogens with zero attached hydrogens (tertiary/aromatic N) is 2. The normalized spacial score (nSPS) is 29.9. The Labute approximate surface area is 129 Å². The lowest BCUT2D eigenvalue weighted by atomic mass is 9.81. The van der Waals surface area contributed by atoms with E-state index in [9.17, 15) is 8.42 Å². The van der Waals surface area contributed by atoms with Crippen LogP contribution in [-0.2, 0) is 21.3 Å². The van der Waals surface area contributed by atoms with E-state index in [1.807, 2.05) is 11.6 Å². The maximum Gasteiger partial charge on any atom is 0.211 e. The van der Waals surface area contributed by atoms with Crippen LogP contribution in [0.15, 0.2) is 11.6 Å². The number of hydrogen-bond acceptors (Lipinski definition) is 6. The molecule has 118 valence electrons. The van der Waals surface area contributed by atoms with Gasteiger partial charge in [-0.1, -0.05) is 0 Å². The Morgan fingerprint density at radius 3 is 3.19 bits per heavy atom. The number of thiazole rings is 1. The van der Waals surface area contributed by atoms with Gasteiger partial charge in [0.25, 0.3) is 0 Å². The van der Waals surface area contributed by atoms with Crippen LogP contribution in [0.2, 0.25) is 0 Å².